The van der Waals surface area contributed by atoms with E-state index in [0.29, 0.717) is 12.6 Å². The molecule has 1 atom stereocenters. The van der Waals surface area contributed by atoms with Crippen molar-refractivity contribution in [3.63, 3.8) is 0 Å². The van der Waals surface area contributed by atoms with Crippen molar-refractivity contribution in [1.29, 1.82) is 0 Å². The molecule has 4 nitrogen and oxygen atoms in total. The lowest BCUT2D eigenvalue weighted by atomic mass is 9.45. The predicted molar refractivity (Wildman–Crippen MR) is 143 cm³/mol. The van der Waals surface area contributed by atoms with Crippen molar-refractivity contribution in [3.05, 3.63) is 90.3 Å². The van der Waals surface area contributed by atoms with Gasteiger partial charge in [-0.2, -0.15) is 0 Å². The topological polar surface area (TPSA) is 28.6 Å². The van der Waals surface area contributed by atoms with Crippen molar-refractivity contribution < 1.29 is 4.74 Å². The van der Waals surface area contributed by atoms with Crippen LogP contribution in [0.2, 0.25) is 13.1 Å². The molecule has 1 fully saturated rings. The van der Waals surface area contributed by atoms with E-state index in [-0.39, 0.29) is 6.04 Å². The lowest BCUT2D eigenvalue weighted by molar-refractivity contribution is 0.146. The molecule has 2 heterocycles. The van der Waals surface area contributed by atoms with Crippen LogP contribution in [-0.4, -0.2) is 61.8 Å². The zero-order valence-electron chi connectivity index (χ0n) is 20.9. The summed E-state index contributed by atoms with van der Waals surface area (Å²) in [5, 5.41) is 0. The van der Waals surface area contributed by atoms with Crippen LogP contribution in [0.3, 0.4) is 0 Å². The molecule has 3 aromatic rings. The third-order valence-corrected chi connectivity index (χ3v) is 7.32. The Morgan fingerprint density at radius 2 is 1.79 bits per heavy atom. The Balaban J connectivity index is 1.33. The van der Waals surface area contributed by atoms with Gasteiger partial charge in [-0.05, 0) is 75.3 Å². The van der Waals surface area contributed by atoms with Crippen molar-refractivity contribution in [3.8, 4) is 5.75 Å². The molecule has 2 aromatic carbocycles. The van der Waals surface area contributed by atoms with Crippen LogP contribution in [0.25, 0.3) is 0 Å². The van der Waals surface area contributed by atoms with E-state index in [2.05, 4.69) is 84.3 Å². The van der Waals surface area contributed by atoms with Gasteiger partial charge >= 0.3 is 0 Å². The molecule has 1 unspecified atom stereocenters. The Morgan fingerprint density at radius 3 is 2.50 bits per heavy atom. The average Bonchev–Trinajstić information content (AvgIpc) is 2.89. The van der Waals surface area contributed by atoms with Crippen LogP contribution >= 0.6 is 0 Å². The first-order valence-electron chi connectivity index (χ1n) is 12.7. The maximum atomic E-state index is 5.51. The van der Waals surface area contributed by atoms with Crippen LogP contribution in [0, 0.1) is 5.92 Å². The Labute approximate surface area is 206 Å². The van der Waals surface area contributed by atoms with E-state index in [0.717, 1.165) is 18.0 Å². The van der Waals surface area contributed by atoms with E-state index in [4.69, 9.17) is 9.72 Å². The van der Waals surface area contributed by atoms with Gasteiger partial charge in [0.05, 0.1) is 18.8 Å². The smallest absolute Gasteiger partial charge is 0.173 e. The number of ether oxygens (including phenoxy) is 1. The van der Waals surface area contributed by atoms with Crippen LogP contribution in [0.15, 0.2) is 79.0 Å². The normalized spacial score (nSPS) is 15.9. The number of nitrogens with zero attached hydrogens (tertiary/aromatic N) is 3. The summed E-state index contributed by atoms with van der Waals surface area (Å²) in [4.78, 5) is 9.85. The number of methoxy groups -OCH3 is 1. The second-order valence-electron chi connectivity index (χ2n) is 9.76. The van der Waals surface area contributed by atoms with Crippen LogP contribution in [0.1, 0.15) is 30.1 Å². The second kappa shape index (κ2) is 12.2. The Bertz CT molecular complexity index is 993. The quantitative estimate of drug-likeness (QED) is 0.409. The monoisotopic (exact) mass is 455 g/mol. The van der Waals surface area contributed by atoms with Gasteiger partial charge in [0.2, 0.25) is 0 Å². The fourth-order valence-electron chi connectivity index (χ4n) is 5.23. The number of hydrogen-bond acceptors (Lipinski definition) is 4. The van der Waals surface area contributed by atoms with Crippen molar-refractivity contribution >= 4 is 12.2 Å². The van der Waals surface area contributed by atoms with E-state index in [1.165, 1.54) is 49.8 Å². The van der Waals surface area contributed by atoms with Crippen LogP contribution in [0.4, 0.5) is 0 Å². The zero-order valence-corrected chi connectivity index (χ0v) is 20.9. The summed E-state index contributed by atoms with van der Waals surface area (Å²) in [5.41, 5.74) is 3.77. The summed E-state index contributed by atoms with van der Waals surface area (Å²) in [5.74, 6) is 1.61. The molecule has 4 rings (SSSR count). The predicted octanol–water partition coefficient (Wildman–Crippen LogP) is 4.86. The number of rotatable bonds is 10. The number of likely N-dealkylation sites (tertiary alicyclic amines) is 1. The minimum Gasteiger partial charge on any atom is -0.497 e. The van der Waals surface area contributed by atoms with Crippen molar-refractivity contribution in [2.45, 2.75) is 32.0 Å². The first kappa shape index (κ1) is 24.5. The van der Waals surface area contributed by atoms with Crippen LogP contribution in [0.5, 0.6) is 5.75 Å². The largest absolute Gasteiger partial charge is 0.497 e. The molecule has 1 aliphatic heterocycles. The van der Waals surface area contributed by atoms with Gasteiger partial charge in [-0.3, -0.25) is 9.88 Å². The fourth-order valence-corrected chi connectivity index (χ4v) is 5.23. The number of pyridine rings is 1. The molecule has 1 aromatic heterocycles. The molecule has 1 aliphatic rings. The van der Waals surface area contributed by atoms with E-state index in [9.17, 15) is 0 Å². The molecule has 0 saturated carbocycles. The summed E-state index contributed by atoms with van der Waals surface area (Å²) < 4.78 is 5.51. The van der Waals surface area contributed by atoms with Gasteiger partial charge in [-0.15, -0.1) is 0 Å². The molecule has 0 bridgehead atoms. The van der Waals surface area contributed by atoms with E-state index < -0.39 is 0 Å². The minimum absolute atomic E-state index is 0.126. The molecule has 0 radical (unpaired) electrons. The number of piperidine rings is 1. The molecule has 34 heavy (non-hydrogen) atoms. The standard InChI is InChI=1S/C29H38BN3O/c1-30(26-11-5-4-6-12-26)17-21-33-19-15-24(16-20-33)23-32(2)29(28-14-7-8-18-31-28)25-10-9-13-27(22-25)34-3/h4-14,18,22,24,29H,15-17,19-21,23H2,1-3H3. The third-order valence-electron chi connectivity index (χ3n) is 7.32. The first-order valence-corrected chi connectivity index (χ1v) is 12.7. The van der Waals surface area contributed by atoms with Gasteiger partial charge in [-0.1, -0.05) is 67.1 Å². The van der Waals surface area contributed by atoms with Gasteiger partial charge in [0.1, 0.15) is 5.75 Å². The van der Waals surface area contributed by atoms with Gasteiger partial charge in [0.15, 0.2) is 6.71 Å². The maximum Gasteiger partial charge on any atom is 0.173 e. The lowest BCUT2D eigenvalue weighted by Crippen LogP contribution is -2.40. The van der Waals surface area contributed by atoms with E-state index in [1.807, 2.05) is 18.3 Å². The van der Waals surface area contributed by atoms with E-state index in [1.54, 1.807) is 7.11 Å². The highest BCUT2D eigenvalue weighted by Gasteiger charge is 2.26. The molecule has 0 amide bonds. The molecular formula is C29H38BN3O. The molecule has 178 valence electrons. The Kier molecular flexibility index (Phi) is 8.78. The number of aromatic nitrogens is 1. The van der Waals surface area contributed by atoms with E-state index >= 15 is 0 Å². The minimum atomic E-state index is 0.126. The highest BCUT2D eigenvalue weighted by atomic mass is 16.5. The lowest BCUT2D eigenvalue weighted by Gasteiger charge is -2.36. The summed E-state index contributed by atoms with van der Waals surface area (Å²) >= 11 is 0. The molecule has 0 aliphatic carbocycles. The summed E-state index contributed by atoms with van der Waals surface area (Å²) in [6.07, 6.45) is 5.64. The Morgan fingerprint density at radius 1 is 1.03 bits per heavy atom. The van der Waals surface area contributed by atoms with Crippen molar-refractivity contribution in [2.75, 3.05) is 40.3 Å². The van der Waals surface area contributed by atoms with Gasteiger partial charge in [-0.25, -0.2) is 0 Å². The molecule has 0 spiro atoms. The highest BCUT2D eigenvalue weighted by Crippen LogP contribution is 2.30. The number of hydrogen-bond donors (Lipinski definition) is 0. The van der Waals surface area contributed by atoms with Crippen molar-refractivity contribution in [1.82, 2.24) is 14.8 Å². The van der Waals surface area contributed by atoms with Crippen LogP contribution in [-0.2, 0) is 0 Å². The van der Waals surface area contributed by atoms with Crippen LogP contribution < -0.4 is 10.2 Å². The Hall–Kier alpha value is -2.63. The van der Waals surface area contributed by atoms with Gasteiger partial charge < -0.3 is 9.64 Å². The summed E-state index contributed by atoms with van der Waals surface area (Å²) in [6, 6.07) is 25.7. The summed E-state index contributed by atoms with van der Waals surface area (Å²) in [6.45, 7) is 7.65. The average molecular weight is 455 g/mol. The molecule has 1 saturated heterocycles. The number of benzene rings is 2. The van der Waals surface area contributed by atoms with Gasteiger partial charge in [0, 0.05) is 12.7 Å². The molecule has 5 heteroatoms. The second-order valence-corrected chi connectivity index (χ2v) is 9.76. The van der Waals surface area contributed by atoms with Crippen molar-refractivity contribution in [2.24, 2.45) is 5.92 Å². The SMILES string of the molecule is COc1cccc(C(c2ccccn2)N(C)CC2CCN(CCB(C)c3ccccc3)CC2)c1. The fraction of sp³-hybridized carbons (Fsp3) is 0.414. The maximum absolute atomic E-state index is 5.51. The van der Waals surface area contributed by atoms with Gasteiger partial charge in [0.25, 0.3) is 0 Å². The first-order chi connectivity index (χ1) is 16.6. The molecule has 0 N–H and O–H groups in total. The zero-order chi connectivity index (χ0) is 23.8. The highest BCUT2D eigenvalue weighted by molar-refractivity contribution is 6.72. The summed E-state index contributed by atoms with van der Waals surface area (Å²) in [7, 11) is 3.97. The molecular weight excluding hydrogens is 417 g/mol. The third kappa shape index (κ3) is 6.49.